The Morgan fingerprint density at radius 3 is 2.57 bits per heavy atom. The molecule has 0 aliphatic heterocycles. The normalized spacial score (nSPS) is 11.3. The summed E-state index contributed by atoms with van der Waals surface area (Å²) in [7, 11) is 0. The van der Waals surface area contributed by atoms with Crippen molar-refractivity contribution in [2.24, 2.45) is 5.73 Å². The summed E-state index contributed by atoms with van der Waals surface area (Å²) in [5.41, 5.74) is 12.0. The number of hydrogen-bond donors (Lipinski definition) is 3. The number of nitrogens with one attached hydrogen (secondary N) is 2. The number of aryl methyl sites for hydroxylation is 2. The van der Waals surface area contributed by atoms with Crippen molar-refractivity contribution in [2.45, 2.75) is 40.2 Å². The number of nitrogens with zero attached hydrogens (tertiary/aromatic N) is 2. The van der Waals surface area contributed by atoms with Crippen LogP contribution in [-0.4, -0.2) is 14.8 Å². The Hall–Kier alpha value is -3.28. The Morgan fingerprint density at radius 1 is 1.32 bits per heavy atom. The van der Waals surface area contributed by atoms with Gasteiger partial charge in [0, 0.05) is 18.7 Å². The molecule has 0 unspecified atom stereocenters. The molecule has 0 bridgehead atoms. The van der Waals surface area contributed by atoms with Crippen LogP contribution in [0, 0.1) is 13.8 Å². The van der Waals surface area contributed by atoms with Crippen molar-refractivity contribution < 1.29 is 0 Å². The summed E-state index contributed by atoms with van der Waals surface area (Å²) in [6.07, 6.45) is 3.21. The van der Waals surface area contributed by atoms with E-state index >= 15 is 0 Å². The summed E-state index contributed by atoms with van der Waals surface area (Å²) in [5, 5.41) is 6.01. The van der Waals surface area contributed by atoms with Crippen LogP contribution >= 0.6 is 0 Å². The van der Waals surface area contributed by atoms with Gasteiger partial charge in [0.2, 0.25) is 0 Å². The van der Waals surface area contributed by atoms with Crippen LogP contribution in [0.4, 0.5) is 0 Å². The smallest absolute Gasteiger partial charge is 0.361 e. The van der Waals surface area contributed by atoms with Gasteiger partial charge < -0.3 is 11.1 Å². The first-order valence-electron chi connectivity index (χ1n) is 9.12. The van der Waals surface area contributed by atoms with Crippen LogP contribution in [0.1, 0.15) is 35.9 Å². The minimum Gasteiger partial charge on any atom is -0.402 e. The summed E-state index contributed by atoms with van der Waals surface area (Å²) in [6, 6.07) is 6.39. The molecule has 0 atom stereocenters. The number of hydrogen-bond acceptors (Lipinski definition) is 4. The fourth-order valence-electron chi connectivity index (χ4n) is 2.90. The second-order valence-electron chi connectivity index (χ2n) is 7.09. The molecule has 6 nitrogen and oxygen atoms in total. The molecule has 148 valence electrons. The van der Waals surface area contributed by atoms with Crippen molar-refractivity contribution in [1.82, 2.24) is 20.1 Å². The van der Waals surface area contributed by atoms with Gasteiger partial charge in [0.25, 0.3) is 0 Å². The molecule has 1 aromatic carbocycles. The lowest BCUT2D eigenvalue weighted by Crippen LogP contribution is -2.18. The minimum atomic E-state index is -0.411. The molecule has 28 heavy (non-hydrogen) atoms. The Bertz CT molecular complexity index is 991. The maximum Gasteiger partial charge on any atom is 0.361 e. The molecule has 0 saturated carbocycles. The topological polar surface area (TPSA) is 88.7 Å². The molecular formula is C22H29N5O. The van der Waals surface area contributed by atoms with E-state index < -0.39 is 5.69 Å². The highest BCUT2D eigenvalue weighted by molar-refractivity contribution is 5.62. The highest BCUT2D eigenvalue weighted by Gasteiger charge is 2.11. The number of benzene rings is 1. The predicted molar refractivity (Wildman–Crippen MR) is 115 cm³/mol. The van der Waals surface area contributed by atoms with Gasteiger partial charge in [-0.2, -0.15) is 4.98 Å². The van der Waals surface area contributed by atoms with E-state index in [0.717, 1.165) is 17.6 Å². The van der Waals surface area contributed by atoms with Crippen molar-refractivity contribution in [3.05, 3.63) is 94.0 Å². The van der Waals surface area contributed by atoms with Gasteiger partial charge in [-0.15, -0.1) is 0 Å². The van der Waals surface area contributed by atoms with E-state index in [0.29, 0.717) is 35.9 Å². The second kappa shape index (κ2) is 9.08. The number of H-pyrrole nitrogens is 1. The molecule has 0 spiro atoms. The van der Waals surface area contributed by atoms with Crippen molar-refractivity contribution in [3.8, 4) is 0 Å². The lowest BCUT2D eigenvalue weighted by Gasteiger charge is -2.16. The van der Waals surface area contributed by atoms with Crippen LogP contribution in [0.25, 0.3) is 5.70 Å². The first kappa shape index (κ1) is 21.0. The van der Waals surface area contributed by atoms with Gasteiger partial charge in [0.05, 0.1) is 11.4 Å². The first-order chi connectivity index (χ1) is 13.2. The number of allylic oxidation sites excluding steroid dienone is 3. The Balaban J connectivity index is 2.18. The molecule has 2 rings (SSSR count). The lowest BCUT2D eigenvalue weighted by molar-refractivity contribution is 0.784. The maximum absolute atomic E-state index is 11.6. The molecule has 0 fully saturated rings. The SMILES string of the molecule is C=C(C)Cc1ccc(CNC(=C)/C(=C/CC(=C)N)n2[nH]c(=O)nc2C)cc1C. The third-order valence-electron chi connectivity index (χ3n) is 4.31. The third kappa shape index (κ3) is 5.61. The van der Waals surface area contributed by atoms with E-state index in [2.05, 4.69) is 60.3 Å². The molecule has 2 aromatic rings. The molecule has 1 aromatic heterocycles. The molecule has 0 saturated heterocycles. The Morgan fingerprint density at radius 2 is 2.04 bits per heavy atom. The van der Waals surface area contributed by atoms with Crippen LogP contribution in [0.3, 0.4) is 0 Å². The van der Waals surface area contributed by atoms with E-state index in [4.69, 9.17) is 5.73 Å². The number of rotatable bonds is 9. The Labute approximate surface area is 166 Å². The fraction of sp³-hybridized carbons (Fsp3) is 0.273. The summed E-state index contributed by atoms with van der Waals surface area (Å²) < 4.78 is 1.60. The van der Waals surface area contributed by atoms with Crippen LogP contribution in [0.2, 0.25) is 0 Å². The number of aromatic nitrogens is 3. The zero-order valence-corrected chi connectivity index (χ0v) is 16.9. The van der Waals surface area contributed by atoms with Crippen LogP contribution in [0.15, 0.2) is 65.8 Å². The zero-order valence-electron chi connectivity index (χ0n) is 16.9. The van der Waals surface area contributed by atoms with Gasteiger partial charge in [0.15, 0.2) is 0 Å². The van der Waals surface area contributed by atoms with Crippen LogP contribution < -0.4 is 16.7 Å². The molecule has 0 amide bonds. The molecular weight excluding hydrogens is 350 g/mol. The molecule has 0 aliphatic carbocycles. The van der Waals surface area contributed by atoms with Gasteiger partial charge in [-0.3, -0.25) is 0 Å². The summed E-state index contributed by atoms with van der Waals surface area (Å²) in [4.78, 5) is 15.5. The van der Waals surface area contributed by atoms with E-state index in [-0.39, 0.29) is 0 Å². The lowest BCUT2D eigenvalue weighted by atomic mass is 10.00. The summed E-state index contributed by atoms with van der Waals surface area (Å²) in [6.45, 7) is 18.3. The van der Waals surface area contributed by atoms with Crippen molar-refractivity contribution >= 4 is 5.70 Å². The first-order valence-corrected chi connectivity index (χ1v) is 9.12. The number of nitrogens with two attached hydrogens (primary N) is 1. The monoisotopic (exact) mass is 379 g/mol. The van der Waals surface area contributed by atoms with Gasteiger partial charge >= 0.3 is 5.69 Å². The van der Waals surface area contributed by atoms with E-state index in [1.165, 1.54) is 11.1 Å². The summed E-state index contributed by atoms with van der Waals surface area (Å²) in [5.74, 6) is 0.543. The standard InChI is InChI=1S/C22H29N5O/c1-14(2)11-20-9-8-19(12-15(20)3)13-24-17(5)21(10-7-16(4)23)27-18(6)25-22(28)26-27/h8-10,12,24H,1,4-5,7,11,13,23H2,2-3,6H3,(H,26,28)/b21-10-. The highest BCUT2D eigenvalue weighted by Crippen LogP contribution is 2.17. The average Bonchev–Trinajstić information content (AvgIpc) is 2.93. The number of aromatic amines is 1. The molecule has 1 heterocycles. The van der Waals surface area contributed by atoms with Crippen molar-refractivity contribution in [2.75, 3.05) is 0 Å². The predicted octanol–water partition coefficient (Wildman–Crippen LogP) is 3.31. The van der Waals surface area contributed by atoms with Gasteiger partial charge in [-0.05, 0) is 43.9 Å². The van der Waals surface area contributed by atoms with Crippen LogP contribution in [0.5, 0.6) is 0 Å². The van der Waals surface area contributed by atoms with Crippen molar-refractivity contribution in [3.63, 3.8) is 0 Å². The minimum absolute atomic E-state index is 0.411. The molecule has 6 heteroatoms. The molecule has 4 N–H and O–H groups in total. The maximum atomic E-state index is 11.6. The molecule has 0 radical (unpaired) electrons. The van der Waals surface area contributed by atoms with Gasteiger partial charge in [-0.1, -0.05) is 49.6 Å². The quantitative estimate of drug-likeness (QED) is 0.461. The van der Waals surface area contributed by atoms with E-state index in [1.807, 2.05) is 13.0 Å². The van der Waals surface area contributed by atoms with Gasteiger partial charge in [0.1, 0.15) is 5.82 Å². The second-order valence-corrected chi connectivity index (χ2v) is 7.09. The van der Waals surface area contributed by atoms with E-state index in [1.54, 1.807) is 11.6 Å². The fourth-order valence-corrected chi connectivity index (χ4v) is 2.90. The summed E-state index contributed by atoms with van der Waals surface area (Å²) >= 11 is 0. The molecule has 0 aliphatic rings. The van der Waals surface area contributed by atoms with E-state index in [9.17, 15) is 4.79 Å². The third-order valence-corrected chi connectivity index (χ3v) is 4.31. The zero-order chi connectivity index (χ0) is 20.8. The van der Waals surface area contributed by atoms with Crippen molar-refractivity contribution in [1.29, 1.82) is 0 Å². The average molecular weight is 380 g/mol. The largest absolute Gasteiger partial charge is 0.402 e. The van der Waals surface area contributed by atoms with Gasteiger partial charge in [-0.25, -0.2) is 14.6 Å². The highest BCUT2D eigenvalue weighted by atomic mass is 16.1. The Kier molecular flexibility index (Phi) is 6.82. The van der Waals surface area contributed by atoms with Crippen LogP contribution in [-0.2, 0) is 13.0 Å².